The Labute approximate surface area is 167 Å². The summed E-state index contributed by atoms with van der Waals surface area (Å²) in [6.45, 7) is 4.18. The number of benzene rings is 3. The molecule has 0 saturated carbocycles. The van der Waals surface area contributed by atoms with Crippen molar-refractivity contribution in [2.24, 2.45) is 0 Å². The van der Waals surface area contributed by atoms with Crippen LogP contribution in [0.4, 0.5) is 0 Å². The number of nitrogens with zero attached hydrogens (tertiary/aromatic N) is 3. The van der Waals surface area contributed by atoms with Crippen LogP contribution in [-0.4, -0.2) is 22.1 Å². The topological polar surface area (TPSA) is 39.9 Å². The maximum absolute atomic E-state index is 5.28. The molecule has 0 saturated heterocycles. The Morgan fingerprint density at radius 2 is 1.43 bits per heavy atom. The maximum Gasteiger partial charge on any atom is 0.121 e. The van der Waals surface area contributed by atoms with E-state index in [1.165, 1.54) is 10.8 Å². The number of aromatic nitrogens is 3. The van der Waals surface area contributed by atoms with Crippen LogP contribution in [0.1, 0.15) is 34.7 Å². The van der Waals surface area contributed by atoms with E-state index in [1.54, 1.807) is 11.9 Å². The zero-order valence-corrected chi connectivity index (χ0v) is 15.2. The number of rotatable bonds is 4. The first-order chi connectivity index (χ1) is 12.7. The molecule has 3 aromatic carbocycles. The van der Waals surface area contributed by atoms with Gasteiger partial charge in [0.05, 0.1) is 13.2 Å². The van der Waals surface area contributed by atoms with Crippen molar-refractivity contribution < 1.29 is 4.74 Å². The van der Waals surface area contributed by atoms with Gasteiger partial charge >= 0.3 is 0 Å². The largest absolute Gasteiger partial charge is 0.497 e. The van der Waals surface area contributed by atoms with Gasteiger partial charge in [0, 0.05) is 11.1 Å². The van der Waals surface area contributed by atoms with Crippen LogP contribution in [0.2, 0.25) is 0 Å². The van der Waals surface area contributed by atoms with Crippen molar-refractivity contribution in [1.82, 2.24) is 15.0 Å². The van der Waals surface area contributed by atoms with E-state index >= 15 is 0 Å². The van der Waals surface area contributed by atoms with Gasteiger partial charge in [0.1, 0.15) is 17.1 Å². The van der Waals surface area contributed by atoms with Gasteiger partial charge in [0.15, 0.2) is 0 Å². The average molecular weight is 376 g/mol. The first-order valence-corrected chi connectivity index (χ1v) is 8.77. The predicted molar refractivity (Wildman–Crippen MR) is 119 cm³/mol. The lowest BCUT2D eigenvalue weighted by Gasteiger charge is -2.06. The lowest BCUT2D eigenvalue weighted by atomic mass is 9.99. The molecule has 0 unspecified atom stereocenters. The van der Waals surface area contributed by atoms with Crippen LogP contribution < -0.4 is 4.74 Å². The molecule has 28 heavy (non-hydrogen) atoms. The lowest BCUT2D eigenvalue weighted by Crippen LogP contribution is -2.04. The molecular formula is C24H29N3O. The highest BCUT2D eigenvalue weighted by Gasteiger charge is 2.18. The first-order valence-electron chi connectivity index (χ1n) is 8.77. The van der Waals surface area contributed by atoms with Crippen LogP contribution in [-0.2, 0) is 0 Å². The molecule has 4 heteroatoms. The summed E-state index contributed by atoms with van der Waals surface area (Å²) < 4.78 is 5.28. The van der Waals surface area contributed by atoms with E-state index in [4.69, 9.17) is 14.9 Å². The molecule has 0 aliphatic rings. The Hall–Kier alpha value is -3.14. The molecular weight excluding hydrogens is 346 g/mol. The van der Waals surface area contributed by atoms with Crippen LogP contribution in [0.25, 0.3) is 33.3 Å². The van der Waals surface area contributed by atoms with Gasteiger partial charge in [-0.3, -0.25) is 0 Å². The van der Waals surface area contributed by atoms with E-state index in [-0.39, 0.29) is 20.9 Å². The summed E-state index contributed by atoms with van der Waals surface area (Å²) in [7, 11) is 1.67. The van der Waals surface area contributed by atoms with Crippen molar-refractivity contribution in [3.05, 3.63) is 66.7 Å². The summed E-state index contributed by atoms with van der Waals surface area (Å²) in [6, 6.07) is 22.9. The summed E-state index contributed by atoms with van der Waals surface area (Å²) in [5.41, 5.74) is 3.92. The van der Waals surface area contributed by atoms with Crippen LogP contribution >= 0.6 is 0 Å². The second-order valence-corrected chi connectivity index (χ2v) is 6.57. The molecule has 0 amide bonds. The van der Waals surface area contributed by atoms with E-state index in [1.807, 2.05) is 24.3 Å². The molecule has 4 aromatic rings. The first kappa shape index (κ1) is 21.2. The summed E-state index contributed by atoms with van der Waals surface area (Å²) in [5.74, 6) is 0.830. The third-order valence-electron chi connectivity index (χ3n) is 4.50. The fourth-order valence-corrected chi connectivity index (χ4v) is 3.11. The van der Waals surface area contributed by atoms with Gasteiger partial charge < -0.3 is 4.74 Å². The van der Waals surface area contributed by atoms with Crippen LogP contribution in [0.5, 0.6) is 5.75 Å². The van der Waals surface area contributed by atoms with Crippen LogP contribution in [0, 0.1) is 0 Å². The van der Waals surface area contributed by atoms with Gasteiger partial charge in [0.25, 0.3) is 0 Å². The second kappa shape index (κ2) is 8.70. The quantitative estimate of drug-likeness (QED) is 0.402. The van der Waals surface area contributed by atoms with E-state index in [9.17, 15) is 0 Å². The molecule has 1 aromatic heterocycles. The lowest BCUT2D eigenvalue weighted by molar-refractivity contribution is 0.415. The second-order valence-electron chi connectivity index (χ2n) is 6.57. The van der Waals surface area contributed by atoms with Crippen LogP contribution in [0.15, 0.2) is 66.7 Å². The fraction of sp³-hybridized carbons (Fsp3) is 0.250. The minimum atomic E-state index is 0. The minimum absolute atomic E-state index is 0. The molecule has 1 heterocycles. The Balaban J connectivity index is 0.00000140. The highest BCUT2D eigenvalue weighted by Crippen LogP contribution is 2.34. The molecule has 4 rings (SSSR count). The molecule has 0 fully saturated rings. The number of fused-ring (bicyclic) bond motifs is 1. The highest BCUT2D eigenvalue weighted by molar-refractivity contribution is 5.98. The van der Waals surface area contributed by atoms with Gasteiger partial charge in [-0.2, -0.15) is 15.0 Å². The summed E-state index contributed by atoms with van der Waals surface area (Å²) in [5, 5.41) is 12.0. The molecule has 0 spiro atoms. The van der Waals surface area contributed by atoms with Crippen molar-refractivity contribution in [2.75, 3.05) is 7.11 Å². The number of hydrogen-bond donors (Lipinski definition) is 0. The monoisotopic (exact) mass is 375 g/mol. The molecule has 0 bridgehead atoms. The van der Waals surface area contributed by atoms with E-state index in [0.717, 1.165) is 28.3 Å². The molecule has 0 N–H and O–H groups in total. The number of ether oxygens (including phenoxy) is 1. The zero-order valence-electron chi connectivity index (χ0n) is 15.2. The molecule has 146 valence electrons. The van der Waals surface area contributed by atoms with Gasteiger partial charge in [-0.1, -0.05) is 57.3 Å². The van der Waals surface area contributed by atoms with E-state index in [0.29, 0.717) is 0 Å². The van der Waals surface area contributed by atoms with E-state index < -0.39 is 0 Å². The summed E-state index contributed by atoms with van der Waals surface area (Å²) in [4.78, 5) is 1.79. The minimum Gasteiger partial charge on any atom is -0.497 e. The summed E-state index contributed by atoms with van der Waals surface area (Å²) >= 11 is 0. The smallest absolute Gasteiger partial charge is 0.121 e. The Morgan fingerprint density at radius 3 is 2.11 bits per heavy atom. The van der Waals surface area contributed by atoms with Gasteiger partial charge in [-0.25, -0.2) is 0 Å². The van der Waals surface area contributed by atoms with Gasteiger partial charge in [-0.05, 0) is 48.9 Å². The Kier molecular flexibility index (Phi) is 6.57. The van der Waals surface area contributed by atoms with Gasteiger partial charge in [0.2, 0.25) is 0 Å². The third kappa shape index (κ3) is 3.77. The van der Waals surface area contributed by atoms with Crippen molar-refractivity contribution >= 4 is 10.8 Å². The Bertz CT molecular complexity index is 1040. The van der Waals surface area contributed by atoms with Crippen molar-refractivity contribution in [1.29, 1.82) is 0 Å². The standard InChI is InChI=1S/C22H21N3O.2CH4/c1-15(2)25-23-21(17-11-13-18(26-3)14-12-17)22(24-25)20-10-6-8-16-7-4-5-9-19(16)20;;/h4-15H,1-3H3;2*1H4. The zero-order chi connectivity index (χ0) is 18.1. The highest BCUT2D eigenvalue weighted by atomic mass is 16.5. The molecule has 0 radical (unpaired) electrons. The number of hydrogen-bond acceptors (Lipinski definition) is 3. The molecule has 0 atom stereocenters. The molecule has 0 aliphatic carbocycles. The SMILES string of the molecule is C.C.COc1ccc(-c2nn(C(C)C)nc2-c2cccc3ccccc23)cc1. The van der Waals surface area contributed by atoms with Crippen molar-refractivity contribution in [3.63, 3.8) is 0 Å². The van der Waals surface area contributed by atoms with Crippen LogP contribution in [0.3, 0.4) is 0 Å². The Morgan fingerprint density at radius 1 is 0.786 bits per heavy atom. The summed E-state index contributed by atoms with van der Waals surface area (Å²) in [6.07, 6.45) is 0. The predicted octanol–water partition coefficient (Wildman–Crippen LogP) is 6.63. The molecule has 0 aliphatic heterocycles. The van der Waals surface area contributed by atoms with Crippen molar-refractivity contribution in [2.45, 2.75) is 34.7 Å². The average Bonchev–Trinajstić information content (AvgIpc) is 3.13. The number of methoxy groups -OCH3 is 1. The van der Waals surface area contributed by atoms with Crippen molar-refractivity contribution in [3.8, 4) is 28.3 Å². The molecule has 4 nitrogen and oxygen atoms in total. The van der Waals surface area contributed by atoms with Gasteiger partial charge in [-0.15, -0.1) is 0 Å². The normalized spacial score (nSPS) is 10.4. The fourth-order valence-electron chi connectivity index (χ4n) is 3.11. The maximum atomic E-state index is 5.28. The van der Waals surface area contributed by atoms with E-state index in [2.05, 4.69) is 56.3 Å². The third-order valence-corrected chi connectivity index (χ3v) is 4.50.